The van der Waals surface area contributed by atoms with Gasteiger partial charge in [0.2, 0.25) is 11.7 Å². The van der Waals surface area contributed by atoms with Gasteiger partial charge in [0.1, 0.15) is 6.33 Å². The van der Waals surface area contributed by atoms with E-state index in [1.54, 1.807) is 0 Å². The Morgan fingerprint density at radius 1 is 1.35 bits per heavy atom. The summed E-state index contributed by atoms with van der Waals surface area (Å²) in [5, 5.41) is 8.30. The van der Waals surface area contributed by atoms with Crippen LogP contribution >= 0.6 is 0 Å². The average Bonchev–Trinajstić information content (AvgIpc) is 2.91. The molecular formula is C10H8F3N5O2. The first-order chi connectivity index (χ1) is 9.44. The van der Waals surface area contributed by atoms with Crippen LogP contribution < -0.4 is 10.1 Å². The lowest BCUT2D eigenvalue weighted by Gasteiger charge is -2.08. The smallest absolute Gasteiger partial charge is 0.422 e. The highest BCUT2D eigenvalue weighted by Crippen LogP contribution is 2.18. The number of nitrogens with one attached hydrogen (secondary N) is 2. The van der Waals surface area contributed by atoms with Crippen LogP contribution in [0, 0.1) is 0 Å². The minimum atomic E-state index is -4.43. The number of aromatic nitrogens is 4. The predicted molar refractivity (Wildman–Crippen MR) is 60.1 cm³/mol. The van der Waals surface area contributed by atoms with Gasteiger partial charge in [0, 0.05) is 6.07 Å². The molecule has 0 aromatic carbocycles. The number of nitrogens with zero attached hydrogens (tertiary/aromatic N) is 3. The summed E-state index contributed by atoms with van der Waals surface area (Å²) in [6.45, 7) is -1.43. The first-order valence-corrected chi connectivity index (χ1v) is 5.26. The van der Waals surface area contributed by atoms with Crippen LogP contribution in [-0.4, -0.2) is 38.9 Å². The minimum Gasteiger partial charge on any atom is -0.468 e. The summed E-state index contributed by atoms with van der Waals surface area (Å²) in [4.78, 5) is 18.8. The van der Waals surface area contributed by atoms with Crippen LogP contribution in [0.2, 0.25) is 0 Å². The van der Waals surface area contributed by atoms with Crippen LogP contribution in [-0.2, 0) is 0 Å². The third-order valence-corrected chi connectivity index (χ3v) is 2.01. The second-order valence-corrected chi connectivity index (χ2v) is 3.58. The van der Waals surface area contributed by atoms with Crippen LogP contribution in [0.15, 0.2) is 24.7 Å². The number of alkyl halides is 3. The Morgan fingerprint density at radius 3 is 2.70 bits per heavy atom. The molecule has 0 saturated heterocycles. The number of pyridine rings is 1. The minimum absolute atomic E-state index is 0.00222. The highest BCUT2D eigenvalue weighted by Gasteiger charge is 2.28. The fourth-order valence-electron chi connectivity index (χ4n) is 1.20. The molecule has 0 fully saturated rings. The fourth-order valence-corrected chi connectivity index (χ4v) is 1.20. The van der Waals surface area contributed by atoms with E-state index < -0.39 is 18.7 Å². The maximum absolute atomic E-state index is 11.9. The molecule has 0 saturated carbocycles. The SMILES string of the molecule is O=C(Nc1ccc(OCC(F)(F)F)nc1)c1ncn[nH]1. The lowest BCUT2D eigenvalue weighted by Crippen LogP contribution is -2.19. The van der Waals surface area contributed by atoms with Crippen molar-refractivity contribution < 1.29 is 22.7 Å². The normalized spacial score (nSPS) is 11.2. The van der Waals surface area contributed by atoms with Gasteiger partial charge in [0.05, 0.1) is 11.9 Å². The summed E-state index contributed by atoms with van der Waals surface area (Å²) < 4.78 is 40.2. The van der Waals surface area contributed by atoms with E-state index in [0.717, 1.165) is 0 Å². The van der Waals surface area contributed by atoms with Crippen LogP contribution in [0.5, 0.6) is 5.88 Å². The first kappa shape index (κ1) is 13.8. The molecule has 2 rings (SSSR count). The second-order valence-electron chi connectivity index (χ2n) is 3.58. The van der Waals surface area contributed by atoms with Crippen molar-refractivity contribution in [1.29, 1.82) is 0 Å². The van der Waals surface area contributed by atoms with E-state index >= 15 is 0 Å². The lowest BCUT2D eigenvalue weighted by atomic mass is 10.4. The van der Waals surface area contributed by atoms with E-state index in [0.29, 0.717) is 0 Å². The number of hydrogen-bond acceptors (Lipinski definition) is 5. The number of rotatable bonds is 4. The molecular weight excluding hydrogens is 279 g/mol. The molecule has 0 atom stereocenters. The van der Waals surface area contributed by atoms with Gasteiger partial charge in [-0.05, 0) is 6.07 Å². The Bertz CT molecular complexity index is 568. The van der Waals surface area contributed by atoms with E-state index in [1.165, 1.54) is 24.7 Å². The third-order valence-electron chi connectivity index (χ3n) is 2.01. The summed E-state index contributed by atoms with van der Waals surface area (Å²) in [6.07, 6.45) is -2.10. The van der Waals surface area contributed by atoms with E-state index in [4.69, 9.17) is 0 Å². The van der Waals surface area contributed by atoms with Crippen molar-refractivity contribution in [2.45, 2.75) is 6.18 Å². The molecule has 20 heavy (non-hydrogen) atoms. The Hall–Kier alpha value is -2.65. The summed E-state index contributed by atoms with van der Waals surface area (Å²) in [5.41, 5.74) is 0.283. The Kier molecular flexibility index (Phi) is 3.82. The van der Waals surface area contributed by atoms with Gasteiger partial charge < -0.3 is 10.1 Å². The molecule has 106 valence electrons. The number of ether oxygens (including phenoxy) is 1. The summed E-state index contributed by atoms with van der Waals surface area (Å²) in [7, 11) is 0. The number of H-pyrrole nitrogens is 1. The first-order valence-electron chi connectivity index (χ1n) is 5.26. The maximum atomic E-state index is 11.9. The molecule has 0 aliphatic carbocycles. The number of hydrogen-bond donors (Lipinski definition) is 2. The molecule has 0 unspecified atom stereocenters. The largest absolute Gasteiger partial charge is 0.468 e. The molecule has 0 radical (unpaired) electrons. The summed E-state index contributed by atoms with van der Waals surface area (Å²) >= 11 is 0. The van der Waals surface area contributed by atoms with Gasteiger partial charge >= 0.3 is 6.18 Å². The molecule has 2 aromatic heterocycles. The Morgan fingerprint density at radius 2 is 2.15 bits per heavy atom. The quantitative estimate of drug-likeness (QED) is 0.886. The van der Waals surface area contributed by atoms with Crippen molar-refractivity contribution in [2.24, 2.45) is 0 Å². The zero-order chi connectivity index (χ0) is 14.6. The van der Waals surface area contributed by atoms with E-state index in [9.17, 15) is 18.0 Å². The molecule has 2 aromatic rings. The molecule has 10 heteroatoms. The van der Waals surface area contributed by atoms with Crippen molar-refractivity contribution in [3.8, 4) is 5.88 Å². The van der Waals surface area contributed by atoms with Crippen LogP contribution in [0.4, 0.5) is 18.9 Å². The van der Waals surface area contributed by atoms with E-state index in [-0.39, 0.29) is 17.4 Å². The molecule has 2 heterocycles. The van der Waals surface area contributed by atoms with E-state index in [1.807, 2.05) is 0 Å². The van der Waals surface area contributed by atoms with Crippen molar-refractivity contribution in [1.82, 2.24) is 20.2 Å². The van der Waals surface area contributed by atoms with Gasteiger partial charge in [-0.2, -0.15) is 18.3 Å². The number of carbonyl (C=O) groups is 1. The monoisotopic (exact) mass is 287 g/mol. The van der Waals surface area contributed by atoms with Crippen LogP contribution in [0.3, 0.4) is 0 Å². The van der Waals surface area contributed by atoms with Gasteiger partial charge in [0.25, 0.3) is 5.91 Å². The topological polar surface area (TPSA) is 92.8 Å². The summed E-state index contributed by atoms with van der Waals surface area (Å²) in [5.74, 6) is -0.740. The van der Waals surface area contributed by atoms with Gasteiger partial charge in [-0.15, -0.1) is 0 Å². The standard InChI is InChI=1S/C10H8F3N5O2/c11-10(12,13)4-20-7-2-1-6(3-14-7)17-9(19)8-15-5-16-18-8/h1-3,5H,4H2,(H,17,19)(H,15,16,18). The molecule has 7 nitrogen and oxygen atoms in total. The van der Waals surface area contributed by atoms with Gasteiger partial charge in [-0.3, -0.25) is 9.89 Å². The second kappa shape index (κ2) is 5.55. The van der Waals surface area contributed by atoms with E-state index in [2.05, 4.69) is 30.2 Å². The molecule has 0 aliphatic rings. The predicted octanol–water partition coefficient (Wildman–Crippen LogP) is 1.39. The van der Waals surface area contributed by atoms with Gasteiger partial charge in [0.15, 0.2) is 6.61 Å². The van der Waals surface area contributed by atoms with Crippen molar-refractivity contribution >= 4 is 11.6 Å². The van der Waals surface area contributed by atoms with Crippen molar-refractivity contribution in [3.05, 3.63) is 30.5 Å². The Balaban J connectivity index is 1.93. The number of amides is 1. The molecule has 0 aliphatic heterocycles. The number of halogens is 3. The zero-order valence-electron chi connectivity index (χ0n) is 9.81. The highest BCUT2D eigenvalue weighted by atomic mass is 19.4. The van der Waals surface area contributed by atoms with Crippen LogP contribution in [0.25, 0.3) is 0 Å². The molecule has 2 N–H and O–H groups in total. The molecule has 0 bridgehead atoms. The van der Waals surface area contributed by atoms with Crippen molar-refractivity contribution in [2.75, 3.05) is 11.9 Å². The average molecular weight is 287 g/mol. The van der Waals surface area contributed by atoms with Gasteiger partial charge in [-0.25, -0.2) is 9.97 Å². The fraction of sp³-hybridized carbons (Fsp3) is 0.200. The highest BCUT2D eigenvalue weighted by molar-refractivity contribution is 6.01. The van der Waals surface area contributed by atoms with Crippen molar-refractivity contribution in [3.63, 3.8) is 0 Å². The lowest BCUT2D eigenvalue weighted by molar-refractivity contribution is -0.154. The zero-order valence-corrected chi connectivity index (χ0v) is 9.81. The number of anilines is 1. The van der Waals surface area contributed by atoms with Gasteiger partial charge in [-0.1, -0.05) is 0 Å². The third kappa shape index (κ3) is 3.93. The number of carbonyl (C=O) groups excluding carboxylic acids is 1. The number of aromatic amines is 1. The maximum Gasteiger partial charge on any atom is 0.422 e. The Labute approximate surface area is 110 Å². The molecule has 0 spiro atoms. The van der Waals surface area contributed by atoms with Crippen LogP contribution in [0.1, 0.15) is 10.6 Å². The summed E-state index contributed by atoms with van der Waals surface area (Å²) in [6, 6.07) is 2.56. The molecule has 1 amide bonds.